The molecule has 1 atom stereocenters. The van der Waals surface area contributed by atoms with E-state index in [1.165, 1.54) is 13.4 Å². The van der Waals surface area contributed by atoms with Gasteiger partial charge in [-0.15, -0.1) is 0 Å². The molecule has 3 aromatic rings. The molecule has 10 heteroatoms. The number of fused-ring (bicyclic) bond motifs is 1. The summed E-state index contributed by atoms with van der Waals surface area (Å²) in [5.41, 5.74) is 3.72. The van der Waals surface area contributed by atoms with E-state index in [1.54, 1.807) is 30.5 Å². The zero-order valence-corrected chi connectivity index (χ0v) is 18.6. The van der Waals surface area contributed by atoms with E-state index >= 15 is 0 Å². The van der Waals surface area contributed by atoms with Gasteiger partial charge in [-0.2, -0.15) is 5.26 Å². The lowest BCUT2D eigenvalue weighted by Crippen LogP contribution is -2.32. The number of aromatic nitrogens is 3. The Morgan fingerprint density at radius 3 is 2.82 bits per heavy atom. The highest BCUT2D eigenvalue weighted by atomic mass is 35.5. The molecule has 0 radical (unpaired) electrons. The van der Waals surface area contributed by atoms with Gasteiger partial charge in [0.1, 0.15) is 18.2 Å². The highest BCUT2D eigenvalue weighted by Crippen LogP contribution is 2.32. The first-order valence-corrected chi connectivity index (χ1v) is 10.6. The van der Waals surface area contributed by atoms with Gasteiger partial charge >= 0.3 is 5.97 Å². The number of hydrogen-bond acceptors (Lipinski definition) is 8. The number of ether oxygens (including phenoxy) is 1. The van der Waals surface area contributed by atoms with Crippen LogP contribution < -0.4 is 15.0 Å². The number of nitrogens with one attached hydrogen (secondary N) is 1. The molecule has 3 heterocycles. The summed E-state index contributed by atoms with van der Waals surface area (Å²) >= 11 is 6.06. The van der Waals surface area contributed by atoms with Crippen LogP contribution in [0, 0.1) is 11.3 Å². The molecule has 2 aromatic heterocycles. The summed E-state index contributed by atoms with van der Waals surface area (Å²) in [6.45, 7) is 1.15. The molecule has 4 rings (SSSR count). The van der Waals surface area contributed by atoms with Gasteiger partial charge in [0.05, 0.1) is 36.5 Å². The van der Waals surface area contributed by atoms with Gasteiger partial charge in [0, 0.05) is 42.4 Å². The maximum absolute atomic E-state index is 11.6. The third-order valence-electron chi connectivity index (χ3n) is 5.48. The van der Waals surface area contributed by atoms with Crippen LogP contribution in [0.1, 0.15) is 42.3 Å². The minimum Gasteiger partial charge on any atom is -0.481 e. The van der Waals surface area contributed by atoms with Gasteiger partial charge in [-0.3, -0.25) is 4.79 Å². The molecule has 1 aromatic carbocycles. The molecule has 0 saturated heterocycles. The van der Waals surface area contributed by atoms with Crippen LogP contribution in [0.4, 0.5) is 11.5 Å². The van der Waals surface area contributed by atoms with Gasteiger partial charge in [-0.1, -0.05) is 25.1 Å². The maximum Gasteiger partial charge on any atom is 0.305 e. The van der Waals surface area contributed by atoms with Crippen molar-refractivity contribution in [3.63, 3.8) is 0 Å². The number of carbonyl (C=O) groups is 1. The van der Waals surface area contributed by atoms with E-state index < -0.39 is 12.0 Å². The van der Waals surface area contributed by atoms with Crippen molar-refractivity contribution in [1.29, 1.82) is 5.26 Å². The molecule has 0 bridgehead atoms. The molecule has 176 valence electrons. The van der Waals surface area contributed by atoms with Crippen LogP contribution in [0.25, 0.3) is 0 Å². The highest BCUT2D eigenvalue weighted by Gasteiger charge is 2.25. The van der Waals surface area contributed by atoms with E-state index in [2.05, 4.69) is 31.2 Å². The number of pyridine rings is 1. The van der Waals surface area contributed by atoms with Crippen molar-refractivity contribution in [2.75, 3.05) is 23.9 Å². The molecule has 9 nitrogen and oxygen atoms in total. The first-order chi connectivity index (χ1) is 16.0. The van der Waals surface area contributed by atoms with Crippen LogP contribution in [0.5, 0.6) is 5.88 Å². The topological polar surface area (TPSA) is 124 Å². The summed E-state index contributed by atoms with van der Waals surface area (Å²) < 4.78 is 5.10. The summed E-state index contributed by atoms with van der Waals surface area (Å²) in [6, 6.07) is 10.3. The Hall–Kier alpha value is -3.90. The average Bonchev–Trinajstić information content (AvgIpc) is 2.83. The molecule has 1 aliphatic heterocycles. The number of hydrogen-bond donors (Lipinski definition) is 2. The molecule has 0 unspecified atom stereocenters. The molecule has 0 saturated carbocycles. The first-order valence-electron chi connectivity index (χ1n) is 10.2. The lowest BCUT2D eigenvalue weighted by atomic mass is 10.0. The predicted octanol–water partition coefficient (Wildman–Crippen LogP) is 4.23. The number of aliphatic carboxylic acids is 1. The van der Waals surface area contributed by atoms with Crippen molar-refractivity contribution in [3.8, 4) is 11.9 Å². The Bertz CT molecular complexity index is 1210. The SMILES string of the molecule is C.COc1ccc([C@@H](CC(=O)O)Nc2ncnc3c2CN(c2ccc(Cl)cc2C#N)CC3)cn1. The zero-order chi connectivity index (χ0) is 23.4. The van der Waals surface area contributed by atoms with Crippen LogP contribution in [0.3, 0.4) is 0 Å². The average molecular weight is 481 g/mol. The number of carboxylic acids is 1. The van der Waals surface area contributed by atoms with Gasteiger partial charge < -0.3 is 20.1 Å². The normalized spacial score (nSPS) is 13.1. The number of carboxylic acid groups (broad SMARTS) is 1. The first kappa shape index (κ1) is 24.7. The molecular weight excluding hydrogens is 456 g/mol. The molecule has 2 N–H and O–H groups in total. The van der Waals surface area contributed by atoms with Crippen molar-refractivity contribution in [2.45, 2.75) is 32.9 Å². The quantitative estimate of drug-likeness (QED) is 0.510. The number of benzene rings is 1. The third kappa shape index (κ3) is 5.35. The summed E-state index contributed by atoms with van der Waals surface area (Å²) in [4.78, 5) is 26.7. The van der Waals surface area contributed by atoms with E-state index in [1.807, 2.05) is 6.07 Å². The lowest BCUT2D eigenvalue weighted by molar-refractivity contribution is -0.137. The smallest absolute Gasteiger partial charge is 0.305 e. The number of nitrogens with zero attached hydrogens (tertiary/aromatic N) is 5. The molecule has 0 fully saturated rings. The minimum absolute atomic E-state index is 0. The third-order valence-corrected chi connectivity index (χ3v) is 5.72. The van der Waals surface area contributed by atoms with Crippen molar-refractivity contribution in [3.05, 3.63) is 70.3 Å². The Labute approximate surface area is 203 Å². The summed E-state index contributed by atoms with van der Waals surface area (Å²) in [6.07, 6.45) is 3.57. The fourth-order valence-corrected chi connectivity index (χ4v) is 4.03. The fraction of sp³-hybridized carbons (Fsp3) is 0.292. The summed E-state index contributed by atoms with van der Waals surface area (Å²) in [7, 11) is 1.52. The van der Waals surface area contributed by atoms with Gasteiger partial charge in [-0.05, 0) is 23.8 Å². The van der Waals surface area contributed by atoms with E-state index in [9.17, 15) is 15.2 Å². The minimum atomic E-state index is -0.951. The molecular formula is C24H25ClN6O3. The number of methoxy groups -OCH3 is 1. The fourth-order valence-electron chi connectivity index (χ4n) is 3.86. The zero-order valence-electron chi connectivity index (χ0n) is 17.8. The second-order valence-corrected chi connectivity index (χ2v) is 7.96. The maximum atomic E-state index is 11.6. The number of anilines is 2. The van der Waals surface area contributed by atoms with Crippen molar-refractivity contribution < 1.29 is 14.6 Å². The number of halogens is 1. The molecule has 34 heavy (non-hydrogen) atoms. The van der Waals surface area contributed by atoms with Crippen LogP contribution in [0.15, 0.2) is 42.9 Å². The Balaban J connectivity index is 0.00000324. The Kier molecular flexibility index (Phi) is 7.87. The monoisotopic (exact) mass is 480 g/mol. The molecule has 0 aliphatic carbocycles. The number of nitriles is 1. The van der Waals surface area contributed by atoms with E-state index in [0.29, 0.717) is 47.4 Å². The Morgan fingerprint density at radius 2 is 2.15 bits per heavy atom. The lowest BCUT2D eigenvalue weighted by Gasteiger charge is -2.32. The molecule has 1 aliphatic rings. The molecule has 0 spiro atoms. The van der Waals surface area contributed by atoms with Crippen LogP contribution in [0.2, 0.25) is 5.02 Å². The van der Waals surface area contributed by atoms with Crippen LogP contribution >= 0.6 is 11.6 Å². The largest absolute Gasteiger partial charge is 0.481 e. The second-order valence-electron chi connectivity index (χ2n) is 7.52. The van der Waals surface area contributed by atoms with Gasteiger partial charge in [-0.25, -0.2) is 15.0 Å². The van der Waals surface area contributed by atoms with Gasteiger partial charge in [0.2, 0.25) is 5.88 Å². The van der Waals surface area contributed by atoms with E-state index in [-0.39, 0.29) is 13.8 Å². The van der Waals surface area contributed by atoms with Crippen molar-refractivity contribution in [1.82, 2.24) is 15.0 Å². The van der Waals surface area contributed by atoms with E-state index in [0.717, 1.165) is 16.9 Å². The van der Waals surface area contributed by atoms with Gasteiger partial charge in [0.15, 0.2) is 0 Å². The van der Waals surface area contributed by atoms with Crippen LogP contribution in [-0.2, 0) is 17.8 Å². The highest BCUT2D eigenvalue weighted by molar-refractivity contribution is 6.30. The van der Waals surface area contributed by atoms with Gasteiger partial charge in [0.25, 0.3) is 0 Å². The van der Waals surface area contributed by atoms with Crippen molar-refractivity contribution in [2.24, 2.45) is 0 Å². The standard InChI is InChI=1S/C23H21ClN6O3.CH4/c1-33-21-5-2-14(11-26-21)19(9-22(31)32)29-23-17-12-30(7-6-18(17)27-13-28-23)20-4-3-16(24)8-15(20)10-25;/h2-5,8,11,13,19H,6-7,9,12H2,1H3,(H,31,32)(H,27,28,29);1H4/t19-;/m1./s1. The van der Waals surface area contributed by atoms with Crippen LogP contribution in [-0.4, -0.2) is 39.7 Å². The number of rotatable bonds is 7. The summed E-state index contributed by atoms with van der Waals surface area (Å²) in [5, 5.41) is 22.8. The van der Waals surface area contributed by atoms with Crippen molar-refractivity contribution >= 4 is 29.1 Å². The predicted molar refractivity (Wildman–Crippen MR) is 129 cm³/mol. The Morgan fingerprint density at radius 1 is 1.32 bits per heavy atom. The summed E-state index contributed by atoms with van der Waals surface area (Å²) in [5.74, 6) is 0.0473. The van der Waals surface area contributed by atoms with E-state index in [4.69, 9.17) is 16.3 Å². The molecule has 0 amide bonds. The second kappa shape index (κ2) is 10.8.